The predicted octanol–water partition coefficient (Wildman–Crippen LogP) is 2.79. The van der Waals surface area contributed by atoms with Gasteiger partial charge in [-0.2, -0.15) is 0 Å². The summed E-state index contributed by atoms with van der Waals surface area (Å²) >= 11 is 1.34. The van der Waals surface area contributed by atoms with Crippen LogP contribution in [0.5, 0.6) is 0 Å². The molecule has 0 unspecified atom stereocenters. The van der Waals surface area contributed by atoms with Crippen LogP contribution in [0.15, 0.2) is 16.7 Å². The van der Waals surface area contributed by atoms with Crippen molar-refractivity contribution in [2.24, 2.45) is 0 Å². The fourth-order valence-electron chi connectivity index (χ4n) is 2.30. The zero-order valence-electron chi connectivity index (χ0n) is 11.9. The Bertz CT molecular complexity index is 822. The average Bonchev–Trinajstić information content (AvgIpc) is 2.96. The Kier molecular flexibility index (Phi) is 3.42. The number of aryl methyl sites for hydroxylation is 3. The maximum absolute atomic E-state index is 12.1. The summed E-state index contributed by atoms with van der Waals surface area (Å²) in [5.74, 6) is -0.179. The predicted molar refractivity (Wildman–Crippen MR) is 80.5 cm³/mol. The fraction of sp³-hybridized carbons (Fsp3) is 0.286. The third kappa shape index (κ3) is 2.78. The number of anilines is 1. The number of carbonyl (C=O) groups excluding carboxylic acids is 1. The molecule has 3 aromatic rings. The summed E-state index contributed by atoms with van der Waals surface area (Å²) in [6.45, 7) is 5.82. The Balaban J connectivity index is 1.83. The molecule has 1 N–H and O–H groups in total. The van der Waals surface area contributed by atoms with Crippen molar-refractivity contribution in [2.75, 3.05) is 5.32 Å². The Labute approximate surface area is 125 Å². The quantitative estimate of drug-likeness (QED) is 0.804. The maximum atomic E-state index is 12.1. The number of nitrogens with zero attached hydrogens (tertiary/aromatic N) is 3. The van der Waals surface area contributed by atoms with Gasteiger partial charge in [0.05, 0.1) is 6.42 Å². The highest BCUT2D eigenvalue weighted by Crippen LogP contribution is 2.24. The van der Waals surface area contributed by atoms with E-state index >= 15 is 0 Å². The molecule has 0 aliphatic heterocycles. The molecule has 0 atom stereocenters. The number of carbonyl (C=O) groups is 1. The summed E-state index contributed by atoms with van der Waals surface area (Å²) in [6.07, 6.45) is 0.148. The highest BCUT2D eigenvalue weighted by atomic mass is 32.1. The molecule has 0 bridgehead atoms. The number of amides is 1. The standard InChI is InChI=1S/C14H14N4O2S/c1-7-4-8(2)13-10(18-20-11(13)5-7)6-12(19)15-14-17-16-9(3)21-14/h4-5H,6H2,1-3H3,(H,15,17,19). The van der Waals surface area contributed by atoms with Gasteiger partial charge in [0.25, 0.3) is 0 Å². The molecule has 0 fully saturated rings. The van der Waals surface area contributed by atoms with Crippen LogP contribution in [0.25, 0.3) is 11.0 Å². The van der Waals surface area contributed by atoms with Gasteiger partial charge in [0, 0.05) is 5.39 Å². The summed E-state index contributed by atoms with van der Waals surface area (Å²) in [7, 11) is 0. The third-order valence-electron chi connectivity index (χ3n) is 3.09. The van der Waals surface area contributed by atoms with E-state index in [0.29, 0.717) is 16.4 Å². The van der Waals surface area contributed by atoms with E-state index in [1.165, 1.54) is 11.3 Å². The first-order chi connectivity index (χ1) is 10.0. The van der Waals surface area contributed by atoms with Crippen molar-refractivity contribution in [1.82, 2.24) is 15.4 Å². The lowest BCUT2D eigenvalue weighted by molar-refractivity contribution is -0.115. The van der Waals surface area contributed by atoms with Gasteiger partial charge >= 0.3 is 0 Å². The highest BCUT2D eigenvalue weighted by Gasteiger charge is 2.15. The van der Waals surface area contributed by atoms with Crippen molar-refractivity contribution in [3.05, 3.63) is 34.0 Å². The highest BCUT2D eigenvalue weighted by molar-refractivity contribution is 7.15. The molecule has 2 aromatic heterocycles. The Morgan fingerprint density at radius 2 is 2.10 bits per heavy atom. The molecule has 7 heteroatoms. The molecule has 0 aliphatic rings. The van der Waals surface area contributed by atoms with Gasteiger partial charge in [0.15, 0.2) is 5.58 Å². The smallest absolute Gasteiger partial charge is 0.232 e. The molecule has 0 spiro atoms. The van der Waals surface area contributed by atoms with Gasteiger partial charge < -0.3 is 9.84 Å². The fourth-order valence-corrected chi connectivity index (χ4v) is 2.91. The van der Waals surface area contributed by atoms with Crippen LogP contribution in [0.4, 0.5) is 5.13 Å². The zero-order chi connectivity index (χ0) is 15.0. The van der Waals surface area contributed by atoms with Crippen LogP contribution in [0.2, 0.25) is 0 Å². The largest absolute Gasteiger partial charge is 0.356 e. The van der Waals surface area contributed by atoms with E-state index in [-0.39, 0.29) is 12.3 Å². The Morgan fingerprint density at radius 3 is 2.81 bits per heavy atom. The van der Waals surface area contributed by atoms with Crippen LogP contribution >= 0.6 is 11.3 Å². The van der Waals surface area contributed by atoms with Crippen LogP contribution < -0.4 is 5.32 Å². The molecule has 2 heterocycles. The number of fused-ring (bicyclic) bond motifs is 1. The van der Waals surface area contributed by atoms with E-state index in [0.717, 1.165) is 21.5 Å². The van der Waals surface area contributed by atoms with Crippen LogP contribution in [-0.2, 0) is 11.2 Å². The second-order valence-electron chi connectivity index (χ2n) is 4.94. The Morgan fingerprint density at radius 1 is 1.29 bits per heavy atom. The van der Waals surface area contributed by atoms with Gasteiger partial charge in [-0.1, -0.05) is 22.6 Å². The lowest BCUT2D eigenvalue weighted by Gasteiger charge is -2.01. The minimum atomic E-state index is -0.179. The molecule has 0 radical (unpaired) electrons. The van der Waals surface area contributed by atoms with Gasteiger partial charge in [0.2, 0.25) is 11.0 Å². The van der Waals surface area contributed by atoms with Gasteiger partial charge in [0.1, 0.15) is 10.7 Å². The number of rotatable bonds is 3. The van der Waals surface area contributed by atoms with Gasteiger partial charge in [-0.15, -0.1) is 10.2 Å². The van der Waals surface area contributed by atoms with Crippen molar-refractivity contribution in [3.8, 4) is 0 Å². The van der Waals surface area contributed by atoms with Crippen molar-refractivity contribution in [3.63, 3.8) is 0 Å². The SMILES string of the molecule is Cc1cc(C)c2c(CC(=O)Nc3nnc(C)s3)noc2c1. The minimum Gasteiger partial charge on any atom is -0.356 e. The number of hydrogen-bond acceptors (Lipinski definition) is 6. The minimum absolute atomic E-state index is 0.148. The molecule has 3 rings (SSSR count). The number of nitrogens with one attached hydrogen (secondary N) is 1. The van der Waals surface area contributed by atoms with E-state index in [9.17, 15) is 4.79 Å². The Hall–Kier alpha value is -2.28. The third-order valence-corrected chi connectivity index (χ3v) is 3.84. The summed E-state index contributed by atoms with van der Waals surface area (Å²) in [5.41, 5.74) is 3.51. The molecule has 6 nitrogen and oxygen atoms in total. The molecule has 0 aliphatic carbocycles. The first-order valence-electron chi connectivity index (χ1n) is 6.48. The molecule has 0 saturated carbocycles. The summed E-state index contributed by atoms with van der Waals surface area (Å²) < 4.78 is 5.31. The van der Waals surface area contributed by atoms with Crippen molar-refractivity contribution >= 4 is 33.3 Å². The van der Waals surface area contributed by atoms with E-state index in [4.69, 9.17) is 4.52 Å². The summed E-state index contributed by atoms with van der Waals surface area (Å²) in [5, 5.41) is 16.7. The van der Waals surface area contributed by atoms with E-state index in [1.54, 1.807) is 0 Å². The maximum Gasteiger partial charge on any atom is 0.232 e. The summed E-state index contributed by atoms with van der Waals surface area (Å²) in [6, 6.07) is 3.97. The van der Waals surface area contributed by atoms with Crippen LogP contribution in [0, 0.1) is 20.8 Å². The van der Waals surface area contributed by atoms with Crippen LogP contribution in [0.1, 0.15) is 21.8 Å². The topological polar surface area (TPSA) is 80.9 Å². The lowest BCUT2D eigenvalue weighted by Crippen LogP contribution is -2.14. The van der Waals surface area contributed by atoms with E-state index in [2.05, 4.69) is 26.7 Å². The van der Waals surface area contributed by atoms with Crippen LogP contribution in [-0.4, -0.2) is 21.3 Å². The van der Waals surface area contributed by atoms with Crippen molar-refractivity contribution in [1.29, 1.82) is 0 Å². The monoisotopic (exact) mass is 302 g/mol. The normalized spacial score (nSPS) is 11.0. The molecule has 0 saturated heterocycles. The van der Waals surface area contributed by atoms with Gasteiger partial charge in [-0.3, -0.25) is 4.79 Å². The second kappa shape index (κ2) is 5.25. The number of aromatic nitrogens is 3. The summed E-state index contributed by atoms with van der Waals surface area (Å²) in [4.78, 5) is 12.1. The van der Waals surface area contributed by atoms with Crippen molar-refractivity contribution in [2.45, 2.75) is 27.2 Å². The van der Waals surface area contributed by atoms with E-state index in [1.807, 2.05) is 26.8 Å². The molecule has 108 valence electrons. The number of benzene rings is 1. The zero-order valence-corrected chi connectivity index (χ0v) is 12.7. The van der Waals surface area contributed by atoms with Gasteiger partial charge in [-0.05, 0) is 38.0 Å². The first-order valence-corrected chi connectivity index (χ1v) is 7.30. The molecule has 21 heavy (non-hydrogen) atoms. The number of hydrogen-bond donors (Lipinski definition) is 1. The molecule has 1 amide bonds. The van der Waals surface area contributed by atoms with Crippen molar-refractivity contribution < 1.29 is 9.32 Å². The molecular weight excluding hydrogens is 288 g/mol. The molecular formula is C14H14N4O2S. The van der Waals surface area contributed by atoms with E-state index < -0.39 is 0 Å². The van der Waals surface area contributed by atoms with Crippen LogP contribution in [0.3, 0.4) is 0 Å². The lowest BCUT2D eigenvalue weighted by atomic mass is 10.0. The molecule has 1 aromatic carbocycles. The van der Waals surface area contributed by atoms with Gasteiger partial charge in [-0.25, -0.2) is 0 Å². The average molecular weight is 302 g/mol. The first kappa shape index (κ1) is 13.7. The second-order valence-corrected chi connectivity index (χ2v) is 6.12.